The molecular formula is C12H14FNO2S. The van der Waals surface area contributed by atoms with E-state index in [0.29, 0.717) is 31.1 Å². The van der Waals surface area contributed by atoms with Crippen LogP contribution in [-0.2, 0) is 11.2 Å². The molecule has 3 nitrogen and oxygen atoms in total. The first-order valence-corrected chi connectivity index (χ1v) is 6.13. The lowest BCUT2D eigenvalue weighted by atomic mass is 9.96. The van der Waals surface area contributed by atoms with Crippen LogP contribution in [0.15, 0.2) is 18.2 Å². The van der Waals surface area contributed by atoms with Crippen molar-refractivity contribution in [3.8, 4) is 5.75 Å². The van der Waals surface area contributed by atoms with Crippen LogP contribution in [0.5, 0.6) is 5.75 Å². The number of carbonyl (C=O) groups excluding carboxylic acids is 1. The van der Waals surface area contributed by atoms with E-state index in [-0.39, 0.29) is 17.6 Å². The molecule has 1 aliphatic rings. The molecule has 1 N–H and O–H groups in total. The molecule has 0 spiro atoms. The molecule has 1 aromatic rings. The normalized spacial score (nSPS) is 18.1. The maximum absolute atomic E-state index is 13.1. The number of rotatable bonds is 3. The summed E-state index contributed by atoms with van der Waals surface area (Å²) in [7, 11) is 0. The van der Waals surface area contributed by atoms with Gasteiger partial charge in [-0.2, -0.15) is 12.6 Å². The van der Waals surface area contributed by atoms with Gasteiger partial charge in [-0.25, -0.2) is 4.39 Å². The van der Waals surface area contributed by atoms with Crippen molar-refractivity contribution >= 4 is 18.5 Å². The zero-order valence-electron chi connectivity index (χ0n) is 9.28. The SMILES string of the molecule is O=C(NCCS)C1COc2ccc(F)cc2C1. The van der Waals surface area contributed by atoms with Gasteiger partial charge in [0.05, 0.1) is 5.92 Å². The average molecular weight is 255 g/mol. The predicted molar refractivity (Wildman–Crippen MR) is 66.0 cm³/mol. The van der Waals surface area contributed by atoms with Crippen molar-refractivity contribution in [2.24, 2.45) is 5.92 Å². The molecule has 5 heteroatoms. The first-order chi connectivity index (χ1) is 8.20. The molecule has 0 saturated heterocycles. The maximum Gasteiger partial charge on any atom is 0.226 e. The fourth-order valence-corrected chi connectivity index (χ4v) is 1.97. The van der Waals surface area contributed by atoms with E-state index >= 15 is 0 Å². The lowest BCUT2D eigenvalue weighted by Gasteiger charge is -2.24. The molecular weight excluding hydrogens is 241 g/mol. The molecule has 17 heavy (non-hydrogen) atoms. The number of fused-ring (bicyclic) bond motifs is 1. The van der Waals surface area contributed by atoms with Crippen molar-refractivity contribution in [2.45, 2.75) is 6.42 Å². The quantitative estimate of drug-likeness (QED) is 0.802. The van der Waals surface area contributed by atoms with Crippen molar-refractivity contribution in [3.63, 3.8) is 0 Å². The summed E-state index contributed by atoms with van der Waals surface area (Å²) in [6, 6.07) is 4.39. The second-order valence-electron chi connectivity index (χ2n) is 3.98. The molecule has 0 aromatic heterocycles. The summed E-state index contributed by atoms with van der Waals surface area (Å²) in [5.74, 6) is 0.663. The first kappa shape index (κ1) is 12.2. The van der Waals surface area contributed by atoms with Crippen molar-refractivity contribution in [3.05, 3.63) is 29.6 Å². The third-order valence-electron chi connectivity index (χ3n) is 2.71. The van der Waals surface area contributed by atoms with E-state index < -0.39 is 0 Å². The molecule has 1 aliphatic heterocycles. The lowest BCUT2D eigenvalue weighted by Crippen LogP contribution is -2.38. The predicted octanol–water partition coefficient (Wildman–Crippen LogP) is 1.42. The number of hydrogen-bond acceptors (Lipinski definition) is 3. The summed E-state index contributed by atoms with van der Waals surface area (Å²) in [5.41, 5.74) is 0.752. The Hall–Kier alpha value is -1.23. The number of amides is 1. The van der Waals surface area contributed by atoms with E-state index in [9.17, 15) is 9.18 Å². The molecule has 1 heterocycles. The van der Waals surface area contributed by atoms with Crippen LogP contribution in [0.4, 0.5) is 4.39 Å². The van der Waals surface area contributed by atoms with Gasteiger partial charge in [0.2, 0.25) is 5.91 Å². The highest BCUT2D eigenvalue weighted by Gasteiger charge is 2.25. The van der Waals surface area contributed by atoms with Crippen molar-refractivity contribution in [1.29, 1.82) is 0 Å². The molecule has 1 unspecified atom stereocenters. The van der Waals surface area contributed by atoms with Crippen molar-refractivity contribution in [2.75, 3.05) is 18.9 Å². The highest BCUT2D eigenvalue weighted by atomic mass is 32.1. The number of thiol groups is 1. The van der Waals surface area contributed by atoms with Gasteiger partial charge < -0.3 is 10.1 Å². The summed E-state index contributed by atoms with van der Waals surface area (Å²) < 4.78 is 18.5. The summed E-state index contributed by atoms with van der Waals surface area (Å²) in [6.07, 6.45) is 0.519. The lowest BCUT2D eigenvalue weighted by molar-refractivity contribution is -0.126. The van der Waals surface area contributed by atoms with E-state index in [1.807, 2.05) is 0 Å². The summed E-state index contributed by atoms with van der Waals surface area (Å²) in [5, 5.41) is 2.76. The summed E-state index contributed by atoms with van der Waals surface area (Å²) in [6.45, 7) is 0.880. The van der Waals surface area contributed by atoms with Gasteiger partial charge in [-0.05, 0) is 30.2 Å². The van der Waals surface area contributed by atoms with Gasteiger partial charge in [0.15, 0.2) is 0 Å². The van der Waals surface area contributed by atoms with Gasteiger partial charge >= 0.3 is 0 Å². The third-order valence-corrected chi connectivity index (χ3v) is 2.93. The van der Waals surface area contributed by atoms with E-state index in [1.54, 1.807) is 6.07 Å². The Morgan fingerprint density at radius 1 is 1.59 bits per heavy atom. The second-order valence-corrected chi connectivity index (χ2v) is 4.43. The summed E-state index contributed by atoms with van der Waals surface area (Å²) >= 11 is 4.02. The van der Waals surface area contributed by atoms with E-state index in [2.05, 4.69) is 17.9 Å². The minimum atomic E-state index is -0.302. The first-order valence-electron chi connectivity index (χ1n) is 5.50. The van der Waals surface area contributed by atoms with Gasteiger partial charge in [-0.15, -0.1) is 0 Å². The van der Waals surface area contributed by atoms with Crippen LogP contribution in [0.1, 0.15) is 5.56 Å². The van der Waals surface area contributed by atoms with E-state index in [0.717, 1.165) is 5.56 Å². The van der Waals surface area contributed by atoms with Crippen LogP contribution in [0.2, 0.25) is 0 Å². The zero-order valence-corrected chi connectivity index (χ0v) is 10.2. The van der Waals surface area contributed by atoms with Crippen LogP contribution < -0.4 is 10.1 Å². The van der Waals surface area contributed by atoms with Gasteiger partial charge in [-0.3, -0.25) is 4.79 Å². The zero-order chi connectivity index (χ0) is 12.3. The Balaban J connectivity index is 2.04. The molecule has 92 valence electrons. The van der Waals surface area contributed by atoms with E-state index in [4.69, 9.17) is 4.74 Å². The standard InChI is InChI=1S/C12H14FNO2S/c13-10-1-2-11-8(6-10)5-9(7-16-11)12(15)14-3-4-17/h1-2,6,9,17H,3-5,7H2,(H,14,15). The van der Waals surface area contributed by atoms with Crippen LogP contribution in [0, 0.1) is 11.7 Å². The van der Waals surface area contributed by atoms with Crippen LogP contribution >= 0.6 is 12.6 Å². The van der Waals surface area contributed by atoms with Gasteiger partial charge in [-0.1, -0.05) is 0 Å². The third kappa shape index (κ3) is 2.91. The number of nitrogens with one attached hydrogen (secondary N) is 1. The molecule has 0 fully saturated rings. The van der Waals surface area contributed by atoms with Crippen molar-refractivity contribution in [1.82, 2.24) is 5.32 Å². The Labute approximate surface area is 105 Å². The van der Waals surface area contributed by atoms with Crippen LogP contribution in [-0.4, -0.2) is 24.8 Å². The number of benzene rings is 1. The monoisotopic (exact) mass is 255 g/mol. The Morgan fingerprint density at radius 3 is 3.18 bits per heavy atom. The molecule has 1 amide bonds. The second kappa shape index (κ2) is 5.40. The molecule has 1 aromatic carbocycles. The maximum atomic E-state index is 13.1. The number of hydrogen-bond donors (Lipinski definition) is 2. The van der Waals surface area contributed by atoms with Crippen molar-refractivity contribution < 1.29 is 13.9 Å². The van der Waals surface area contributed by atoms with E-state index in [1.165, 1.54) is 12.1 Å². The topological polar surface area (TPSA) is 38.3 Å². The fraction of sp³-hybridized carbons (Fsp3) is 0.417. The highest BCUT2D eigenvalue weighted by molar-refractivity contribution is 7.80. The number of carbonyl (C=O) groups is 1. The summed E-state index contributed by atoms with van der Waals surface area (Å²) in [4.78, 5) is 11.7. The molecule has 0 aliphatic carbocycles. The van der Waals surface area contributed by atoms with Crippen LogP contribution in [0.3, 0.4) is 0 Å². The molecule has 0 bridgehead atoms. The van der Waals surface area contributed by atoms with Gasteiger partial charge in [0.25, 0.3) is 0 Å². The molecule has 0 radical (unpaired) electrons. The Kier molecular flexibility index (Phi) is 3.89. The molecule has 0 saturated carbocycles. The number of halogens is 1. The van der Waals surface area contributed by atoms with Gasteiger partial charge in [0, 0.05) is 12.3 Å². The fourth-order valence-electron chi connectivity index (χ4n) is 1.85. The number of ether oxygens (including phenoxy) is 1. The molecule has 1 atom stereocenters. The largest absolute Gasteiger partial charge is 0.492 e. The smallest absolute Gasteiger partial charge is 0.226 e. The van der Waals surface area contributed by atoms with Gasteiger partial charge in [0.1, 0.15) is 18.2 Å². The Morgan fingerprint density at radius 2 is 2.41 bits per heavy atom. The minimum Gasteiger partial charge on any atom is -0.492 e. The average Bonchev–Trinajstić information content (AvgIpc) is 2.35. The van der Waals surface area contributed by atoms with Crippen LogP contribution in [0.25, 0.3) is 0 Å². The molecule has 2 rings (SSSR count). The Bertz CT molecular complexity index is 425. The highest BCUT2D eigenvalue weighted by Crippen LogP contribution is 2.27. The minimum absolute atomic E-state index is 0.0611.